The van der Waals surface area contributed by atoms with Crippen molar-refractivity contribution in [1.82, 2.24) is 4.90 Å². The first-order chi connectivity index (χ1) is 9.09. The van der Waals surface area contributed by atoms with Gasteiger partial charge in [-0.1, -0.05) is 26.8 Å². The van der Waals surface area contributed by atoms with Crippen LogP contribution in [0.1, 0.15) is 34.1 Å². The number of aliphatic hydroxyl groups excluding tert-OH is 1. The lowest BCUT2D eigenvalue weighted by Crippen LogP contribution is -2.58. The third-order valence-corrected chi connectivity index (χ3v) is 5.13. The number of hydrogen-bond donors (Lipinski definition) is 2. The number of rotatable bonds is 1. The largest absolute Gasteiger partial charge is 0.388 e. The van der Waals surface area contributed by atoms with Crippen molar-refractivity contribution in [2.45, 2.75) is 40.2 Å². The number of carbonyl (C=O) groups is 2. The van der Waals surface area contributed by atoms with E-state index in [1.807, 2.05) is 20.8 Å². The van der Waals surface area contributed by atoms with Gasteiger partial charge in [0.15, 0.2) is 0 Å². The second kappa shape index (κ2) is 4.58. The molecule has 1 saturated heterocycles. The molecule has 5 heteroatoms. The van der Waals surface area contributed by atoms with E-state index in [9.17, 15) is 14.7 Å². The van der Waals surface area contributed by atoms with Crippen molar-refractivity contribution in [2.75, 3.05) is 13.1 Å². The SMILES string of the molecule is CC(=O)N1CC[C@@H]2C(C)(C)C(O)C(C(N)=O)=C[C@@]2(C)C1. The van der Waals surface area contributed by atoms with Crippen LogP contribution in [0.5, 0.6) is 0 Å². The summed E-state index contributed by atoms with van der Waals surface area (Å²) in [5.74, 6) is -0.323. The molecule has 20 heavy (non-hydrogen) atoms. The third-order valence-electron chi connectivity index (χ3n) is 5.13. The molecule has 1 aliphatic carbocycles. The number of nitrogens with zero attached hydrogens (tertiary/aromatic N) is 1. The number of aliphatic hydroxyl groups is 1. The van der Waals surface area contributed by atoms with E-state index in [1.165, 1.54) is 0 Å². The van der Waals surface area contributed by atoms with E-state index in [-0.39, 0.29) is 22.8 Å². The molecule has 0 bridgehead atoms. The van der Waals surface area contributed by atoms with Crippen LogP contribution in [-0.4, -0.2) is 41.0 Å². The van der Waals surface area contributed by atoms with Crippen LogP contribution in [0.3, 0.4) is 0 Å². The Morgan fingerprint density at radius 1 is 1.40 bits per heavy atom. The molecule has 2 aliphatic rings. The number of fused-ring (bicyclic) bond motifs is 1. The smallest absolute Gasteiger partial charge is 0.246 e. The number of hydrogen-bond acceptors (Lipinski definition) is 3. The zero-order chi connectivity index (χ0) is 15.3. The summed E-state index contributed by atoms with van der Waals surface area (Å²) < 4.78 is 0. The van der Waals surface area contributed by atoms with Crippen molar-refractivity contribution in [3.63, 3.8) is 0 Å². The van der Waals surface area contributed by atoms with Crippen LogP contribution in [0.15, 0.2) is 11.6 Å². The van der Waals surface area contributed by atoms with Crippen molar-refractivity contribution >= 4 is 11.8 Å². The fourth-order valence-electron chi connectivity index (χ4n) is 4.08. The molecule has 2 rings (SSSR count). The Morgan fingerprint density at radius 3 is 2.50 bits per heavy atom. The standard InChI is InChI=1S/C15H24N2O3/c1-9(18)17-6-5-11-14(2,3)12(19)10(13(16)20)7-15(11,4)8-17/h7,11-12,19H,5-6,8H2,1-4H3,(H2,16,20)/t11-,12?,15+/m1/s1. The number of likely N-dealkylation sites (tertiary alicyclic amines) is 1. The highest BCUT2D eigenvalue weighted by atomic mass is 16.3. The number of primary amides is 1. The quantitative estimate of drug-likeness (QED) is 0.740. The molecule has 0 saturated carbocycles. The summed E-state index contributed by atoms with van der Waals surface area (Å²) >= 11 is 0. The van der Waals surface area contributed by atoms with Gasteiger partial charge in [0.1, 0.15) is 0 Å². The first-order valence-electron chi connectivity index (χ1n) is 7.06. The van der Waals surface area contributed by atoms with Crippen LogP contribution >= 0.6 is 0 Å². The number of carbonyl (C=O) groups excluding carboxylic acids is 2. The molecule has 1 unspecified atom stereocenters. The van der Waals surface area contributed by atoms with Gasteiger partial charge in [0.25, 0.3) is 0 Å². The minimum atomic E-state index is -0.845. The minimum absolute atomic E-state index is 0.0441. The van der Waals surface area contributed by atoms with Crippen molar-refractivity contribution in [1.29, 1.82) is 0 Å². The normalized spacial score (nSPS) is 36.0. The van der Waals surface area contributed by atoms with Gasteiger partial charge < -0.3 is 15.7 Å². The van der Waals surface area contributed by atoms with E-state index in [4.69, 9.17) is 5.73 Å². The zero-order valence-corrected chi connectivity index (χ0v) is 12.6. The molecule has 112 valence electrons. The molecule has 0 aromatic heterocycles. The molecule has 0 aromatic carbocycles. The average Bonchev–Trinajstić information content (AvgIpc) is 2.33. The zero-order valence-electron chi connectivity index (χ0n) is 12.6. The summed E-state index contributed by atoms with van der Waals surface area (Å²) in [7, 11) is 0. The van der Waals surface area contributed by atoms with Gasteiger partial charge in [-0.15, -0.1) is 0 Å². The van der Waals surface area contributed by atoms with Crippen LogP contribution in [-0.2, 0) is 9.59 Å². The van der Waals surface area contributed by atoms with Crippen LogP contribution in [0, 0.1) is 16.7 Å². The predicted molar refractivity (Wildman–Crippen MR) is 75.5 cm³/mol. The van der Waals surface area contributed by atoms with Gasteiger partial charge in [-0.25, -0.2) is 0 Å². The number of amides is 2. The Hall–Kier alpha value is -1.36. The lowest BCUT2D eigenvalue weighted by atomic mass is 9.54. The lowest BCUT2D eigenvalue weighted by molar-refractivity contribution is -0.137. The van der Waals surface area contributed by atoms with E-state index in [0.717, 1.165) is 6.42 Å². The minimum Gasteiger partial charge on any atom is -0.388 e. The van der Waals surface area contributed by atoms with E-state index in [0.29, 0.717) is 13.1 Å². The number of piperidine rings is 1. The summed E-state index contributed by atoms with van der Waals surface area (Å²) in [5, 5.41) is 10.4. The van der Waals surface area contributed by atoms with Gasteiger partial charge >= 0.3 is 0 Å². The molecule has 0 spiro atoms. The third kappa shape index (κ3) is 2.14. The molecule has 3 atom stereocenters. The second-order valence-corrected chi connectivity index (χ2v) is 6.98. The summed E-state index contributed by atoms with van der Waals surface area (Å²) in [6.07, 6.45) is 1.77. The van der Waals surface area contributed by atoms with Crippen LogP contribution in [0.4, 0.5) is 0 Å². The van der Waals surface area contributed by atoms with Crippen molar-refractivity contribution in [3.05, 3.63) is 11.6 Å². The van der Waals surface area contributed by atoms with Crippen molar-refractivity contribution < 1.29 is 14.7 Å². The Morgan fingerprint density at radius 2 is 2.00 bits per heavy atom. The maximum Gasteiger partial charge on any atom is 0.246 e. The molecule has 1 heterocycles. The molecule has 1 fully saturated rings. The van der Waals surface area contributed by atoms with Gasteiger partial charge in [0.05, 0.1) is 6.10 Å². The molecule has 5 nitrogen and oxygen atoms in total. The Kier molecular flexibility index (Phi) is 3.45. The fourth-order valence-corrected chi connectivity index (χ4v) is 4.08. The van der Waals surface area contributed by atoms with Gasteiger partial charge in [-0.3, -0.25) is 9.59 Å². The second-order valence-electron chi connectivity index (χ2n) is 6.98. The topological polar surface area (TPSA) is 83.6 Å². The van der Waals surface area contributed by atoms with Gasteiger partial charge in [0.2, 0.25) is 11.8 Å². The molecule has 3 N–H and O–H groups in total. The Labute approximate surface area is 119 Å². The van der Waals surface area contributed by atoms with Crippen LogP contribution in [0.2, 0.25) is 0 Å². The first-order valence-corrected chi connectivity index (χ1v) is 7.06. The van der Waals surface area contributed by atoms with E-state index in [2.05, 4.69) is 0 Å². The number of nitrogens with two attached hydrogens (primary N) is 1. The molecule has 0 radical (unpaired) electrons. The molecular weight excluding hydrogens is 256 g/mol. The van der Waals surface area contributed by atoms with Crippen LogP contribution < -0.4 is 5.73 Å². The molecule has 1 aliphatic heterocycles. The monoisotopic (exact) mass is 280 g/mol. The average molecular weight is 280 g/mol. The van der Waals surface area contributed by atoms with Crippen LogP contribution in [0.25, 0.3) is 0 Å². The van der Waals surface area contributed by atoms with E-state index >= 15 is 0 Å². The maximum atomic E-state index is 11.6. The lowest BCUT2D eigenvalue weighted by Gasteiger charge is -2.55. The first kappa shape index (κ1) is 15.0. The Bertz CT molecular complexity index is 484. The Balaban J connectivity index is 2.47. The maximum absolute atomic E-state index is 11.6. The van der Waals surface area contributed by atoms with E-state index in [1.54, 1.807) is 17.9 Å². The van der Waals surface area contributed by atoms with Gasteiger partial charge in [0, 0.05) is 31.0 Å². The predicted octanol–water partition coefficient (Wildman–Crippen LogP) is 0.674. The summed E-state index contributed by atoms with van der Waals surface area (Å²) in [6, 6.07) is 0. The van der Waals surface area contributed by atoms with E-state index < -0.39 is 17.4 Å². The highest BCUT2D eigenvalue weighted by molar-refractivity contribution is 5.93. The van der Waals surface area contributed by atoms with Gasteiger partial charge in [-0.05, 0) is 17.8 Å². The molecule has 2 amide bonds. The summed E-state index contributed by atoms with van der Waals surface area (Å²) in [4.78, 5) is 25.0. The summed E-state index contributed by atoms with van der Waals surface area (Å²) in [5.41, 5.74) is 4.93. The fraction of sp³-hybridized carbons (Fsp3) is 0.733. The van der Waals surface area contributed by atoms with Crippen molar-refractivity contribution in [2.24, 2.45) is 22.5 Å². The van der Waals surface area contributed by atoms with Gasteiger partial charge in [-0.2, -0.15) is 0 Å². The highest BCUT2D eigenvalue weighted by Crippen LogP contribution is 2.53. The molecular formula is C15H24N2O3. The molecule has 0 aromatic rings. The highest BCUT2D eigenvalue weighted by Gasteiger charge is 2.54. The summed E-state index contributed by atoms with van der Waals surface area (Å²) in [6.45, 7) is 8.82. The van der Waals surface area contributed by atoms with Crippen molar-refractivity contribution in [3.8, 4) is 0 Å².